The summed E-state index contributed by atoms with van der Waals surface area (Å²) < 4.78 is 10.8. The fourth-order valence-corrected chi connectivity index (χ4v) is 3.62. The second-order valence-corrected chi connectivity index (χ2v) is 8.29. The highest BCUT2D eigenvalue weighted by atomic mass is 32.1. The molecule has 0 aliphatic heterocycles. The molecule has 0 bridgehead atoms. The maximum Gasteiger partial charge on any atom is 0.174 e. The summed E-state index contributed by atoms with van der Waals surface area (Å²) in [6.07, 6.45) is 0. The van der Waals surface area contributed by atoms with Crippen molar-refractivity contribution in [2.75, 3.05) is 38.5 Å². The first-order chi connectivity index (χ1) is 15.4. The van der Waals surface area contributed by atoms with Crippen molar-refractivity contribution in [2.24, 2.45) is 0 Å². The summed E-state index contributed by atoms with van der Waals surface area (Å²) in [6.45, 7) is 3.40. The third kappa shape index (κ3) is 6.14. The predicted octanol–water partition coefficient (Wildman–Crippen LogP) is 5.48. The molecule has 0 unspecified atom stereocenters. The van der Waals surface area contributed by atoms with Crippen LogP contribution in [0.5, 0.6) is 11.5 Å². The van der Waals surface area contributed by atoms with Crippen LogP contribution in [-0.4, -0.2) is 38.3 Å². The van der Waals surface area contributed by atoms with E-state index >= 15 is 0 Å². The van der Waals surface area contributed by atoms with Crippen LogP contribution >= 0.6 is 12.2 Å². The van der Waals surface area contributed by atoms with Crippen LogP contribution in [0.3, 0.4) is 0 Å². The lowest BCUT2D eigenvalue weighted by atomic mass is 10.1. The highest BCUT2D eigenvalue weighted by molar-refractivity contribution is 7.80. The summed E-state index contributed by atoms with van der Waals surface area (Å²) >= 11 is 5.85. The minimum atomic E-state index is 0.640. The molecule has 0 aromatic heterocycles. The third-order valence-electron chi connectivity index (χ3n) is 5.24. The molecule has 0 atom stereocenters. The van der Waals surface area contributed by atoms with Crippen LogP contribution in [0, 0.1) is 6.92 Å². The fraction of sp³-hybridized carbons (Fsp3) is 0.269. The Morgan fingerprint density at radius 2 is 1.44 bits per heavy atom. The van der Waals surface area contributed by atoms with Crippen molar-refractivity contribution in [3.63, 3.8) is 0 Å². The maximum absolute atomic E-state index is 5.85. The average Bonchev–Trinajstić information content (AvgIpc) is 2.79. The lowest BCUT2D eigenvalue weighted by Gasteiger charge is -2.27. The van der Waals surface area contributed by atoms with E-state index in [0.29, 0.717) is 18.2 Å². The highest BCUT2D eigenvalue weighted by Gasteiger charge is 2.14. The first kappa shape index (κ1) is 23.4. The van der Waals surface area contributed by atoms with E-state index in [2.05, 4.69) is 58.4 Å². The van der Waals surface area contributed by atoms with E-state index in [4.69, 9.17) is 21.7 Å². The van der Waals surface area contributed by atoms with Crippen LogP contribution in [0.4, 0.5) is 11.4 Å². The van der Waals surface area contributed by atoms with E-state index < -0.39 is 0 Å². The van der Waals surface area contributed by atoms with Crippen molar-refractivity contribution >= 4 is 28.7 Å². The van der Waals surface area contributed by atoms with Crippen LogP contribution in [0.25, 0.3) is 0 Å². The van der Waals surface area contributed by atoms with Crippen LogP contribution in [-0.2, 0) is 13.1 Å². The van der Waals surface area contributed by atoms with Crippen molar-refractivity contribution in [1.82, 2.24) is 4.90 Å². The van der Waals surface area contributed by atoms with Crippen molar-refractivity contribution in [2.45, 2.75) is 20.0 Å². The van der Waals surface area contributed by atoms with Crippen molar-refractivity contribution in [1.29, 1.82) is 0 Å². The predicted molar refractivity (Wildman–Crippen MR) is 137 cm³/mol. The number of anilines is 2. The monoisotopic (exact) mass is 449 g/mol. The van der Waals surface area contributed by atoms with Crippen molar-refractivity contribution < 1.29 is 9.47 Å². The number of aryl methyl sites for hydroxylation is 1. The molecule has 5 nitrogen and oxygen atoms in total. The Balaban J connectivity index is 1.84. The van der Waals surface area contributed by atoms with Gasteiger partial charge in [-0.2, -0.15) is 0 Å². The summed E-state index contributed by atoms with van der Waals surface area (Å²) in [5.74, 6) is 1.60. The summed E-state index contributed by atoms with van der Waals surface area (Å²) in [7, 11) is 7.42. The number of nitrogens with one attached hydrogen (secondary N) is 1. The van der Waals surface area contributed by atoms with Crippen molar-refractivity contribution in [3.05, 3.63) is 83.4 Å². The number of hydrogen-bond donors (Lipinski definition) is 1. The molecule has 1 N–H and O–H groups in total. The van der Waals surface area contributed by atoms with Crippen LogP contribution in [0.15, 0.2) is 66.7 Å². The molecule has 0 saturated carbocycles. The molecular weight excluding hydrogens is 418 g/mol. The van der Waals surface area contributed by atoms with E-state index in [1.54, 1.807) is 14.2 Å². The second kappa shape index (κ2) is 10.9. The number of nitrogens with zero attached hydrogens (tertiary/aromatic N) is 2. The molecule has 0 amide bonds. The molecule has 3 aromatic rings. The Labute approximate surface area is 196 Å². The van der Waals surface area contributed by atoms with Gasteiger partial charge < -0.3 is 24.6 Å². The lowest BCUT2D eigenvalue weighted by Crippen LogP contribution is -2.34. The van der Waals surface area contributed by atoms with Gasteiger partial charge in [-0.3, -0.25) is 0 Å². The number of rotatable bonds is 8. The standard InChI is InChI=1S/C26H31N3O2S/c1-19-6-15-25(31-5)24(16-19)27-26(32)29(18-21-9-13-23(30-4)14-10-21)17-20-7-11-22(12-8-20)28(2)3/h6-16H,17-18H2,1-5H3,(H,27,32). The first-order valence-corrected chi connectivity index (χ1v) is 10.9. The topological polar surface area (TPSA) is 37.0 Å². The Morgan fingerprint density at radius 3 is 1.97 bits per heavy atom. The van der Waals surface area contributed by atoms with Crippen molar-refractivity contribution in [3.8, 4) is 11.5 Å². The smallest absolute Gasteiger partial charge is 0.174 e. The van der Waals surface area contributed by atoms with Gasteiger partial charge in [-0.25, -0.2) is 0 Å². The number of thiocarbonyl (C=S) groups is 1. The molecule has 0 heterocycles. The van der Waals surface area contributed by atoms with Crippen LogP contribution in [0.1, 0.15) is 16.7 Å². The summed E-state index contributed by atoms with van der Waals surface area (Å²) in [6, 6.07) is 22.6. The number of methoxy groups -OCH3 is 2. The van der Waals surface area contributed by atoms with Gasteiger partial charge in [0.1, 0.15) is 11.5 Å². The van der Waals surface area contributed by atoms with Gasteiger partial charge in [0.2, 0.25) is 0 Å². The quantitative estimate of drug-likeness (QED) is 0.459. The summed E-state index contributed by atoms with van der Waals surface area (Å²) in [5, 5.41) is 4.03. The van der Waals surface area contributed by atoms with E-state index in [1.165, 1.54) is 11.3 Å². The normalized spacial score (nSPS) is 10.4. The van der Waals surface area contributed by atoms with Crippen LogP contribution < -0.4 is 19.7 Å². The molecule has 3 aromatic carbocycles. The molecular formula is C26H31N3O2S. The second-order valence-electron chi connectivity index (χ2n) is 7.90. The molecule has 0 fully saturated rings. The zero-order valence-electron chi connectivity index (χ0n) is 19.4. The van der Waals surface area contributed by atoms with E-state index in [1.807, 2.05) is 44.4 Å². The summed E-state index contributed by atoms with van der Waals surface area (Å²) in [4.78, 5) is 4.25. The number of hydrogen-bond acceptors (Lipinski definition) is 4. The zero-order chi connectivity index (χ0) is 23.1. The fourth-order valence-electron chi connectivity index (χ4n) is 3.38. The maximum atomic E-state index is 5.85. The Morgan fingerprint density at radius 1 is 0.844 bits per heavy atom. The first-order valence-electron chi connectivity index (χ1n) is 10.5. The Hall–Kier alpha value is -3.25. The van der Waals surface area contributed by atoms with Gasteiger partial charge in [0, 0.05) is 32.9 Å². The Kier molecular flexibility index (Phi) is 7.95. The third-order valence-corrected chi connectivity index (χ3v) is 5.60. The lowest BCUT2D eigenvalue weighted by molar-refractivity contribution is 0.405. The van der Waals surface area contributed by atoms with Gasteiger partial charge in [-0.05, 0) is 72.2 Å². The van der Waals surface area contributed by atoms with Gasteiger partial charge in [0.25, 0.3) is 0 Å². The largest absolute Gasteiger partial charge is 0.497 e. The SMILES string of the molecule is COc1ccc(CN(Cc2ccc(N(C)C)cc2)C(=S)Nc2cc(C)ccc2OC)cc1. The van der Waals surface area contributed by atoms with Gasteiger partial charge in [-0.1, -0.05) is 30.3 Å². The molecule has 0 spiro atoms. The Bertz CT molecular complexity index is 1030. The molecule has 32 heavy (non-hydrogen) atoms. The molecule has 0 radical (unpaired) electrons. The molecule has 0 aliphatic rings. The van der Waals surface area contributed by atoms with E-state index in [9.17, 15) is 0 Å². The molecule has 168 valence electrons. The zero-order valence-corrected chi connectivity index (χ0v) is 20.2. The number of benzene rings is 3. The van der Waals surface area contributed by atoms with Gasteiger partial charge >= 0.3 is 0 Å². The van der Waals surface area contributed by atoms with Crippen LogP contribution in [0.2, 0.25) is 0 Å². The highest BCUT2D eigenvalue weighted by Crippen LogP contribution is 2.26. The van der Waals surface area contributed by atoms with Gasteiger partial charge in [-0.15, -0.1) is 0 Å². The van der Waals surface area contributed by atoms with E-state index in [0.717, 1.165) is 28.3 Å². The molecule has 0 aliphatic carbocycles. The average molecular weight is 450 g/mol. The van der Waals surface area contributed by atoms with Gasteiger partial charge in [0.05, 0.1) is 19.9 Å². The minimum Gasteiger partial charge on any atom is -0.497 e. The number of ether oxygens (including phenoxy) is 2. The molecule has 0 saturated heterocycles. The molecule has 3 rings (SSSR count). The minimum absolute atomic E-state index is 0.640. The molecule has 6 heteroatoms. The van der Waals surface area contributed by atoms with E-state index in [-0.39, 0.29) is 0 Å². The summed E-state index contributed by atoms with van der Waals surface area (Å²) in [5.41, 5.74) is 5.50. The van der Waals surface area contributed by atoms with Gasteiger partial charge in [0.15, 0.2) is 5.11 Å².